The fourth-order valence-electron chi connectivity index (χ4n) is 1.79. The second kappa shape index (κ2) is 3.42. The van der Waals surface area contributed by atoms with Gasteiger partial charge in [0.25, 0.3) is 11.5 Å². The number of ether oxygens (including phenoxy) is 1. The number of amides is 1. The van der Waals surface area contributed by atoms with Crippen LogP contribution in [-0.4, -0.2) is 17.1 Å². The number of carbonyl (C=O) groups is 1. The average molecular weight is 208 g/mol. The standard InChI is InChI=1S/C10H12N2O3/c1-6-5-7(13)12-3-2-4-15-10(12)8(6)9(11)14/h5H,2-4H2,1H3,(H2,11,14). The van der Waals surface area contributed by atoms with Gasteiger partial charge in [0.2, 0.25) is 5.88 Å². The van der Waals surface area contributed by atoms with Crippen LogP contribution in [0.1, 0.15) is 22.3 Å². The molecule has 0 radical (unpaired) electrons. The second-order valence-corrected chi connectivity index (χ2v) is 3.56. The zero-order valence-electron chi connectivity index (χ0n) is 8.45. The van der Waals surface area contributed by atoms with Crippen molar-refractivity contribution in [1.82, 2.24) is 4.57 Å². The molecule has 1 amide bonds. The van der Waals surface area contributed by atoms with Crippen LogP contribution in [-0.2, 0) is 6.54 Å². The number of pyridine rings is 1. The van der Waals surface area contributed by atoms with Crippen LogP contribution < -0.4 is 16.0 Å². The number of hydrogen-bond acceptors (Lipinski definition) is 3. The average Bonchev–Trinajstić information content (AvgIpc) is 2.17. The Labute approximate surface area is 86.5 Å². The van der Waals surface area contributed by atoms with E-state index in [1.54, 1.807) is 6.92 Å². The summed E-state index contributed by atoms with van der Waals surface area (Å²) in [6, 6.07) is 1.41. The lowest BCUT2D eigenvalue weighted by atomic mass is 10.1. The summed E-state index contributed by atoms with van der Waals surface area (Å²) < 4.78 is 6.79. The minimum Gasteiger partial charge on any atom is -0.478 e. The number of fused-ring (bicyclic) bond motifs is 1. The number of carbonyl (C=O) groups excluding carboxylic acids is 1. The maximum atomic E-state index is 11.6. The number of primary amides is 1. The molecule has 0 saturated heterocycles. The lowest BCUT2D eigenvalue weighted by Crippen LogP contribution is -2.30. The first-order valence-corrected chi connectivity index (χ1v) is 4.78. The monoisotopic (exact) mass is 208 g/mol. The Bertz CT molecular complexity index is 476. The lowest BCUT2D eigenvalue weighted by Gasteiger charge is -2.21. The predicted octanol–water partition coefficient (Wildman–Crippen LogP) is 0.0381. The van der Waals surface area contributed by atoms with Gasteiger partial charge in [0.05, 0.1) is 6.61 Å². The number of hydrogen-bond donors (Lipinski definition) is 1. The number of nitrogens with zero attached hydrogens (tertiary/aromatic N) is 1. The maximum absolute atomic E-state index is 11.6. The highest BCUT2D eigenvalue weighted by molar-refractivity contribution is 5.96. The van der Waals surface area contributed by atoms with Crippen molar-refractivity contribution >= 4 is 5.91 Å². The molecule has 0 aliphatic carbocycles. The van der Waals surface area contributed by atoms with Crippen LogP contribution in [0.3, 0.4) is 0 Å². The third kappa shape index (κ3) is 1.49. The van der Waals surface area contributed by atoms with E-state index in [-0.39, 0.29) is 5.56 Å². The molecule has 15 heavy (non-hydrogen) atoms. The van der Waals surface area contributed by atoms with Gasteiger partial charge >= 0.3 is 0 Å². The van der Waals surface area contributed by atoms with Crippen LogP contribution in [0.2, 0.25) is 0 Å². The first-order valence-electron chi connectivity index (χ1n) is 4.78. The molecule has 0 bridgehead atoms. The van der Waals surface area contributed by atoms with Gasteiger partial charge in [0.1, 0.15) is 5.56 Å². The van der Waals surface area contributed by atoms with Gasteiger partial charge in [0, 0.05) is 12.6 Å². The predicted molar refractivity (Wildman–Crippen MR) is 54.1 cm³/mol. The summed E-state index contributed by atoms with van der Waals surface area (Å²) in [6.45, 7) is 2.78. The second-order valence-electron chi connectivity index (χ2n) is 3.56. The van der Waals surface area contributed by atoms with E-state index in [1.807, 2.05) is 0 Å². The van der Waals surface area contributed by atoms with Crippen molar-refractivity contribution < 1.29 is 9.53 Å². The molecule has 5 heteroatoms. The summed E-state index contributed by atoms with van der Waals surface area (Å²) in [5, 5.41) is 0. The molecule has 0 aromatic carbocycles. The molecular weight excluding hydrogens is 196 g/mol. The summed E-state index contributed by atoms with van der Waals surface area (Å²) >= 11 is 0. The molecule has 2 rings (SSSR count). The zero-order chi connectivity index (χ0) is 11.0. The minimum atomic E-state index is -0.557. The van der Waals surface area contributed by atoms with Gasteiger partial charge in [-0.1, -0.05) is 0 Å². The van der Waals surface area contributed by atoms with Gasteiger partial charge in [0.15, 0.2) is 0 Å². The van der Waals surface area contributed by atoms with Crippen LogP contribution in [0.5, 0.6) is 5.88 Å². The van der Waals surface area contributed by atoms with Gasteiger partial charge < -0.3 is 10.5 Å². The van der Waals surface area contributed by atoms with Crippen molar-refractivity contribution in [2.24, 2.45) is 5.73 Å². The third-order valence-corrected chi connectivity index (χ3v) is 2.47. The van der Waals surface area contributed by atoms with E-state index in [4.69, 9.17) is 10.5 Å². The lowest BCUT2D eigenvalue weighted by molar-refractivity contribution is 0.0991. The van der Waals surface area contributed by atoms with E-state index in [1.165, 1.54) is 10.6 Å². The molecule has 0 spiro atoms. The van der Waals surface area contributed by atoms with E-state index >= 15 is 0 Å². The summed E-state index contributed by atoms with van der Waals surface area (Å²) in [5.41, 5.74) is 5.99. The highest BCUT2D eigenvalue weighted by Gasteiger charge is 2.21. The topological polar surface area (TPSA) is 74.3 Å². The van der Waals surface area contributed by atoms with Crippen molar-refractivity contribution in [1.29, 1.82) is 0 Å². The largest absolute Gasteiger partial charge is 0.478 e. The molecule has 0 atom stereocenters. The molecule has 0 fully saturated rings. The van der Waals surface area contributed by atoms with E-state index in [2.05, 4.69) is 0 Å². The molecule has 0 unspecified atom stereocenters. The van der Waals surface area contributed by atoms with Crippen LogP contribution >= 0.6 is 0 Å². The smallest absolute Gasteiger partial charge is 0.254 e. The molecule has 5 nitrogen and oxygen atoms in total. The summed E-state index contributed by atoms with van der Waals surface area (Å²) in [4.78, 5) is 22.8. The molecule has 80 valence electrons. The van der Waals surface area contributed by atoms with Gasteiger partial charge in [-0.15, -0.1) is 0 Å². The third-order valence-electron chi connectivity index (χ3n) is 2.47. The van der Waals surface area contributed by atoms with Gasteiger partial charge in [-0.3, -0.25) is 14.2 Å². The number of aryl methyl sites for hydroxylation is 1. The molecule has 0 saturated carbocycles. The van der Waals surface area contributed by atoms with Crippen molar-refractivity contribution in [3.05, 3.63) is 27.5 Å². The normalized spacial score (nSPS) is 14.2. The van der Waals surface area contributed by atoms with E-state index < -0.39 is 5.91 Å². The van der Waals surface area contributed by atoms with Gasteiger partial charge in [-0.05, 0) is 18.9 Å². The Morgan fingerprint density at radius 1 is 1.60 bits per heavy atom. The number of rotatable bonds is 1. The van der Waals surface area contributed by atoms with E-state index in [9.17, 15) is 9.59 Å². The quantitative estimate of drug-likeness (QED) is 0.708. The molecule has 1 aliphatic rings. The van der Waals surface area contributed by atoms with Crippen LogP contribution in [0.4, 0.5) is 0 Å². The molecule has 1 aromatic rings. The van der Waals surface area contributed by atoms with Gasteiger partial charge in [-0.25, -0.2) is 0 Å². The molecule has 2 heterocycles. The SMILES string of the molecule is Cc1cc(=O)n2c(c1C(N)=O)OCCC2. The summed E-state index contributed by atoms with van der Waals surface area (Å²) in [5.74, 6) is -0.239. The molecule has 2 N–H and O–H groups in total. The zero-order valence-corrected chi connectivity index (χ0v) is 8.45. The van der Waals surface area contributed by atoms with Crippen molar-refractivity contribution in [3.63, 3.8) is 0 Å². The van der Waals surface area contributed by atoms with Crippen LogP contribution in [0.15, 0.2) is 10.9 Å². The summed E-state index contributed by atoms with van der Waals surface area (Å²) in [6.07, 6.45) is 0.772. The molecule has 1 aliphatic heterocycles. The number of aromatic nitrogens is 1. The Hall–Kier alpha value is -1.78. The number of nitrogens with two attached hydrogens (primary N) is 1. The van der Waals surface area contributed by atoms with Crippen LogP contribution in [0.25, 0.3) is 0 Å². The first kappa shape index (κ1) is 9.76. The summed E-state index contributed by atoms with van der Waals surface area (Å²) in [7, 11) is 0. The highest BCUT2D eigenvalue weighted by atomic mass is 16.5. The Morgan fingerprint density at radius 2 is 2.33 bits per heavy atom. The van der Waals surface area contributed by atoms with E-state index in [0.717, 1.165) is 6.42 Å². The van der Waals surface area contributed by atoms with Gasteiger partial charge in [-0.2, -0.15) is 0 Å². The van der Waals surface area contributed by atoms with E-state index in [0.29, 0.717) is 30.2 Å². The maximum Gasteiger partial charge on any atom is 0.254 e. The molecular formula is C10H12N2O3. The van der Waals surface area contributed by atoms with Crippen LogP contribution in [0, 0.1) is 6.92 Å². The van der Waals surface area contributed by atoms with Crippen molar-refractivity contribution in [2.45, 2.75) is 19.9 Å². The Kier molecular flexibility index (Phi) is 2.22. The fraction of sp³-hybridized carbons (Fsp3) is 0.400. The Balaban J connectivity index is 2.74. The molecule has 1 aromatic heterocycles. The Morgan fingerprint density at radius 3 is 3.00 bits per heavy atom. The fourth-order valence-corrected chi connectivity index (χ4v) is 1.79. The van der Waals surface area contributed by atoms with Crippen molar-refractivity contribution in [3.8, 4) is 5.88 Å². The highest BCUT2D eigenvalue weighted by Crippen LogP contribution is 2.22. The minimum absolute atomic E-state index is 0.146. The van der Waals surface area contributed by atoms with Crippen molar-refractivity contribution in [2.75, 3.05) is 6.61 Å². The first-order chi connectivity index (χ1) is 7.11.